The summed E-state index contributed by atoms with van der Waals surface area (Å²) >= 11 is 0. The standard InChI is InChI=1S/C14H21N3O3/c1-8(2)12-7-11(16-17(12)3)13(18)15-10-5-4-9(6-10)14(19)20/h7-10H,4-6H2,1-3H3,(H,15,18)(H,19,20)/t9-,10-/m0/s1. The predicted octanol–water partition coefficient (Wildman–Crippen LogP) is 1.53. The van der Waals surface area contributed by atoms with Crippen molar-refractivity contribution in [1.82, 2.24) is 15.1 Å². The molecular formula is C14H21N3O3. The summed E-state index contributed by atoms with van der Waals surface area (Å²) in [5.74, 6) is -1.03. The van der Waals surface area contributed by atoms with E-state index in [4.69, 9.17) is 5.11 Å². The van der Waals surface area contributed by atoms with Gasteiger partial charge in [0.1, 0.15) is 5.69 Å². The molecule has 2 rings (SSSR count). The SMILES string of the molecule is CC(C)c1cc(C(=O)N[C@H]2CC[C@H](C(=O)O)C2)nn1C. The fourth-order valence-corrected chi connectivity index (χ4v) is 2.73. The van der Waals surface area contributed by atoms with Crippen LogP contribution in [0.25, 0.3) is 0 Å². The number of aliphatic carboxylic acids is 1. The molecule has 0 radical (unpaired) electrons. The number of nitrogens with zero attached hydrogens (tertiary/aromatic N) is 2. The third-order valence-electron chi connectivity index (χ3n) is 3.86. The van der Waals surface area contributed by atoms with Crippen molar-refractivity contribution < 1.29 is 14.7 Å². The van der Waals surface area contributed by atoms with Crippen molar-refractivity contribution in [2.45, 2.75) is 45.1 Å². The lowest BCUT2D eigenvalue weighted by atomic mass is 10.1. The fraction of sp³-hybridized carbons (Fsp3) is 0.643. The van der Waals surface area contributed by atoms with Crippen molar-refractivity contribution in [3.05, 3.63) is 17.5 Å². The zero-order valence-electron chi connectivity index (χ0n) is 12.1. The Morgan fingerprint density at radius 3 is 2.65 bits per heavy atom. The molecule has 6 nitrogen and oxygen atoms in total. The van der Waals surface area contributed by atoms with Gasteiger partial charge >= 0.3 is 5.97 Å². The second-order valence-electron chi connectivity index (χ2n) is 5.75. The number of nitrogens with one attached hydrogen (secondary N) is 1. The topological polar surface area (TPSA) is 84.2 Å². The molecule has 1 aromatic heterocycles. The van der Waals surface area contributed by atoms with E-state index in [1.165, 1.54) is 0 Å². The van der Waals surface area contributed by atoms with Crippen LogP contribution >= 0.6 is 0 Å². The molecule has 0 aliphatic heterocycles. The summed E-state index contributed by atoms with van der Waals surface area (Å²) < 4.78 is 1.72. The van der Waals surface area contributed by atoms with Gasteiger partial charge in [0.2, 0.25) is 0 Å². The minimum absolute atomic E-state index is 0.0619. The van der Waals surface area contributed by atoms with Gasteiger partial charge in [0, 0.05) is 18.8 Å². The first-order valence-corrected chi connectivity index (χ1v) is 6.96. The van der Waals surface area contributed by atoms with E-state index in [-0.39, 0.29) is 17.9 Å². The van der Waals surface area contributed by atoms with E-state index in [0.717, 1.165) is 5.69 Å². The van der Waals surface area contributed by atoms with Crippen LogP contribution in [0.5, 0.6) is 0 Å². The fourth-order valence-electron chi connectivity index (χ4n) is 2.73. The number of rotatable bonds is 4. The Balaban J connectivity index is 1.99. The molecule has 1 aliphatic rings. The molecule has 2 N–H and O–H groups in total. The maximum absolute atomic E-state index is 12.1. The molecular weight excluding hydrogens is 258 g/mol. The summed E-state index contributed by atoms with van der Waals surface area (Å²) in [7, 11) is 1.82. The second-order valence-corrected chi connectivity index (χ2v) is 5.75. The highest BCUT2D eigenvalue weighted by molar-refractivity contribution is 5.92. The number of aryl methyl sites for hydroxylation is 1. The highest BCUT2D eigenvalue weighted by atomic mass is 16.4. The molecule has 2 atom stereocenters. The van der Waals surface area contributed by atoms with Crippen LogP contribution in [0.1, 0.15) is 55.2 Å². The Hall–Kier alpha value is -1.85. The number of carbonyl (C=O) groups is 2. The monoisotopic (exact) mass is 279 g/mol. The summed E-state index contributed by atoms with van der Waals surface area (Å²) in [6.07, 6.45) is 1.84. The lowest BCUT2D eigenvalue weighted by Gasteiger charge is -2.10. The first-order valence-electron chi connectivity index (χ1n) is 6.96. The average molecular weight is 279 g/mol. The van der Waals surface area contributed by atoms with Crippen LogP contribution < -0.4 is 5.32 Å². The number of aromatic nitrogens is 2. The van der Waals surface area contributed by atoms with Crippen LogP contribution in [-0.2, 0) is 11.8 Å². The zero-order valence-corrected chi connectivity index (χ0v) is 12.1. The van der Waals surface area contributed by atoms with Gasteiger partial charge in [-0.1, -0.05) is 13.8 Å². The molecule has 1 saturated carbocycles. The quantitative estimate of drug-likeness (QED) is 0.875. The molecule has 110 valence electrons. The van der Waals surface area contributed by atoms with Gasteiger partial charge < -0.3 is 10.4 Å². The maximum Gasteiger partial charge on any atom is 0.306 e. The van der Waals surface area contributed by atoms with Crippen LogP contribution in [0.2, 0.25) is 0 Å². The van der Waals surface area contributed by atoms with E-state index in [2.05, 4.69) is 10.4 Å². The molecule has 1 fully saturated rings. The van der Waals surface area contributed by atoms with Gasteiger partial charge in [-0.05, 0) is 31.2 Å². The lowest BCUT2D eigenvalue weighted by Crippen LogP contribution is -2.33. The molecule has 1 amide bonds. The largest absolute Gasteiger partial charge is 0.481 e. The van der Waals surface area contributed by atoms with Crippen molar-refractivity contribution >= 4 is 11.9 Å². The van der Waals surface area contributed by atoms with Crippen molar-refractivity contribution in [1.29, 1.82) is 0 Å². The molecule has 20 heavy (non-hydrogen) atoms. The number of hydrogen-bond donors (Lipinski definition) is 2. The van der Waals surface area contributed by atoms with Crippen molar-refractivity contribution in [2.24, 2.45) is 13.0 Å². The Labute approximate surface area is 118 Å². The number of carboxylic acid groups (broad SMARTS) is 1. The van der Waals surface area contributed by atoms with E-state index in [0.29, 0.717) is 30.9 Å². The third kappa shape index (κ3) is 3.00. The minimum atomic E-state index is -0.776. The summed E-state index contributed by atoms with van der Waals surface area (Å²) in [6, 6.07) is 1.73. The Bertz CT molecular complexity index is 522. The number of hydrogen-bond acceptors (Lipinski definition) is 3. The Kier molecular flexibility index (Phi) is 4.11. The summed E-state index contributed by atoms with van der Waals surface area (Å²) in [4.78, 5) is 23.0. The van der Waals surface area contributed by atoms with Crippen LogP contribution in [0.15, 0.2) is 6.07 Å². The lowest BCUT2D eigenvalue weighted by molar-refractivity contribution is -0.141. The Morgan fingerprint density at radius 2 is 2.15 bits per heavy atom. The van der Waals surface area contributed by atoms with E-state index >= 15 is 0 Å². The van der Waals surface area contributed by atoms with Gasteiger partial charge in [-0.2, -0.15) is 5.10 Å². The number of amides is 1. The van der Waals surface area contributed by atoms with Crippen LogP contribution in [-0.4, -0.2) is 32.8 Å². The van der Waals surface area contributed by atoms with Crippen molar-refractivity contribution in [3.63, 3.8) is 0 Å². The first kappa shape index (κ1) is 14.6. The van der Waals surface area contributed by atoms with E-state index in [9.17, 15) is 9.59 Å². The Morgan fingerprint density at radius 1 is 1.45 bits per heavy atom. The minimum Gasteiger partial charge on any atom is -0.481 e. The van der Waals surface area contributed by atoms with Gasteiger partial charge in [0.25, 0.3) is 5.91 Å². The summed E-state index contributed by atoms with van der Waals surface area (Å²) in [5, 5.41) is 16.1. The van der Waals surface area contributed by atoms with Crippen LogP contribution in [0, 0.1) is 5.92 Å². The van der Waals surface area contributed by atoms with E-state index in [1.807, 2.05) is 20.9 Å². The smallest absolute Gasteiger partial charge is 0.306 e. The van der Waals surface area contributed by atoms with Gasteiger partial charge in [-0.3, -0.25) is 14.3 Å². The van der Waals surface area contributed by atoms with E-state index < -0.39 is 5.97 Å². The maximum atomic E-state index is 12.1. The molecule has 1 heterocycles. The zero-order chi connectivity index (χ0) is 14.9. The van der Waals surface area contributed by atoms with Gasteiger partial charge in [0.05, 0.1) is 5.92 Å². The van der Waals surface area contributed by atoms with Crippen molar-refractivity contribution in [3.8, 4) is 0 Å². The molecule has 0 unspecified atom stereocenters. The van der Waals surface area contributed by atoms with Gasteiger partial charge in [-0.25, -0.2) is 0 Å². The number of carboxylic acids is 1. The second kappa shape index (κ2) is 5.64. The molecule has 1 aliphatic carbocycles. The summed E-state index contributed by atoms with van der Waals surface area (Å²) in [6.45, 7) is 4.10. The van der Waals surface area contributed by atoms with E-state index in [1.54, 1.807) is 10.7 Å². The van der Waals surface area contributed by atoms with Crippen LogP contribution in [0.3, 0.4) is 0 Å². The summed E-state index contributed by atoms with van der Waals surface area (Å²) in [5.41, 5.74) is 1.40. The molecule has 0 saturated heterocycles. The highest BCUT2D eigenvalue weighted by Gasteiger charge is 2.31. The highest BCUT2D eigenvalue weighted by Crippen LogP contribution is 2.26. The van der Waals surface area contributed by atoms with Gasteiger partial charge in [0.15, 0.2) is 0 Å². The van der Waals surface area contributed by atoms with Gasteiger partial charge in [-0.15, -0.1) is 0 Å². The molecule has 0 aromatic carbocycles. The average Bonchev–Trinajstić information content (AvgIpc) is 2.95. The number of carbonyl (C=O) groups excluding carboxylic acids is 1. The molecule has 6 heteroatoms. The molecule has 0 spiro atoms. The van der Waals surface area contributed by atoms with Crippen molar-refractivity contribution in [2.75, 3.05) is 0 Å². The van der Waals surface area contributed by atoms with Crippen LogP contribution in [0.4, 0.5) is 0 Å². The molecule has 1 aromatic rings. The predicted molar refractivity (Wildman–Crippen MR) is 73.5 cm³/mol. The third-order valence-corrected chi connectivity index (χ3v) is 3.86. The normalized spacial score (nSPS) is 22.2. The molecule has 0 bridgehead atoms. The first-order chi connectivity index (χ1) is 9.38.